The van der Waals surface area contributed by atoms with E-state index in [2.05, 4.69) is 0 Å². The summed E-state index contributed by atoms with van der Waals surface area (Å²) in [4.78, 5) is 0. The zero-order valence-electron chi connectivity index (χ0n) is 5.32. The Kier molecular flexibility index (Phi) is 3.06. The molecule has 0 fully saturated rings. The molecule has 0 aliphatic heterocycles. The van der Waals surface area contributed by atoms with Gasteiger partial charge in [-0.05, 0) is 34.7 Å². The van der Waals surface area contributed by atoms with Crippen LogP contribution in [0.25, 0.3) is 0 Å². The monoisotopic (exact) mass is 288 g/mol. The van der Waals surface area contributed by atoms with Crippen LogP contribution in [0.1, 0.15) is 12.0 Å². The molecule has 0 aromatic heterocycles. The number of hydrogen-bond acceptors (Lipinski definition) is 0. The van der Waals surface area contributed by atoms with Gasteiger partial charge in [0.1, 0.15) is 0 Å². The van der Waals surface area contributed by atoms with Crippen molar-refractivity contribution in [1.29, 1.82) is 0 Å². The number of rotatable bonds is 1. The van der Waals surface area contributed by atoms with Gasteiger partial charge in [0.05, 0.1) is 5.02 Å². The maximum absolute atomic E-state index is 12.0. The SMILES string of the molecule is FC(F)c1ccc(Cl)c(I)c1. The van der Waals surface area contributed by atoms with Gasteiger partial charge >= 0.3 is 0 Å². The lowest BCUT2D eigenvalue weighted by molar-refractivity contribution is 0.151. The molecule has 0 aliphatic carbocycles. The number of hydrogen-bond donors (Lipinski definition) is 0. The van der Waals surface area contributed by atoms with Crippen LogP contribution in [0.5, 0.6) is 0 Å². The van der Waals surface area contributed by atoms with E-state index in [0.29, 0.717) is 8.59 Å². The van der Waals surface area contributed by atoms with Crippen LogP contribution in [0.4, 0.5) is 8.78 Å². The fourth-order valence-electron chi connectivity index (χ4n) is 0.648. The Morgan fingerprint density at radius 2 is 2.00 bits per heavy atom. The van der Waals surface area contributed by atoms with E-state index < -0.39 is 6.43 Å². The lowest BCUT2D eigenvalue weighted by Crippen LogP contribution is -1.84. The molecule has 0 spiro atoms. The van der Waals surface area contributed by atoms with Crippen LogP contribution in [-0.2, 0) is 0 Å². The Hall–Kier alpha value is 0.100. The Balaban J connectivity index is 3.05. The summed E-state index contributed by atoms with van der Waals surface area (Å²) in [6, 6.07) is 4.19. The van der Waals surface area contributed by atoms with Crippen molar-refractivity contribution in [2.24, 2.45) is 0 Å². The van der Waals surface area contributed by atoms with E-state index in [1.165, 1.54) is 18.2 Å². The third-order valence-corrected chi connectivity index (χ3v) is 2.74. The zero-order valence-corrected chi connectivity index (χ0v) is 8.23. The first-order valence-electron chi connectivity index (χ1n) is 2.84. The normalized spacial score (nSPS) is 10.6. The highest BCUT2D eigenvalue weighted by atomic mass is 127. The Morgan fingerprint density at radius 1 is 1.36 bits per heavy atom. The first-order chi connectivity index (χ1) is 5.11. The van der Waals surface area contributed by atoms with Gasteiger partial charge in [-0.15, -0.1) is 0 Å². The summed E-state index contributed by atoms with van der Waals surface area (Å²) in [6.07, 6.45) is -2.42. The van der Waals surface area contributed by atoms with Crippen molar-refractivity contribution < 1.29 is 8.78 Å². The largest absolute Gasteiger partial charge is 0.263 e. The van der Waals surface area contributed by atoms with E-state index in [4.69, 9.17) is 11.6 Å². The molecule has 60 valence electrons. The summed E-state index contributed by atoms with van der Waals surface area (Å²) in [7, 11) is 0. The lowest BCUT2D eigenvalue weighted by atomic mass is 10.2. The van der Waals surface area contributed by atoms with E-state index in [1.807, 2.05) is 22.6 Å². The van der Waals surface area contributed by atoms with E-state index in [-0.39, 0.29) is 5.56 Å². The molecule has 11 heavy (non-hydrogen) atoms. The topological polar surface area (TPSA) is 0 Å². The highest BCUT2D eigenvalue weighted by molar-refractivity contribution is 14.1. The summed E-state index contributed by atoms with van der Waals surface area (Å²) in [5.74, 6) is 0. The third-order valence-electron chi connectivity index (χ3n) is 1.20. The first-order valence-corrected chi connectivity index (χ1v) is 4.30. The number of halogens is 4. The molecule has 0 atom stereocenters. The fourth-order valence-corrected chi connectivity index (χ4v) is 1.31. The molecule has 0 N–H and O–H groups in total. The summed E-state index contributed by atoms with van der Waals surface area (Å²) in [6.45, 7) is 0. The fraction of sp³-hybridized carbons (Fsp3) is 0.143. The second kappa shape index (κ2) is 3.67. The summed E-state index contributed by atoms with van der Waals surface area (Å²) in [5, 5.41) is 0.509. The molecule has 1 aromatic rings. The van der Waals surface area contributed by atoms with Gasteiger partial charge in [0.2, 0.25) is 0 Å². The summed E-state index contributed by atoms with van der Waals surface area (Å²) < 4.78 is 24.7. The molecule has 0 saturated carbocycles. The van der Waals surface area contributed by atoms with Crippen molar-refractivity contribution >= 4 is 34.2 Å². The summed E-state index contributed by atoms with van der Waals surface area (Å²) >= 11 is 7.55. The van der Waals surface area contributed by atoms with Gasteiger partial charge in [-0.3, -0.25) is 0 Å². The van der Waals surface area contributed by atoms with E-state index >= 15 is 0 Å². The van der Waals surface area contributed by atoms with Crippen molar-refractivity contribution in [2.45, 2.75) is 6.43 Å². The minimum atomic E-state index is -2.42. The van der Waals surface area contributed by atoms with Gasteiger partial charge in [0.15, 0.2) is 0 Å². The average Bonchev–Trinajstić information content (AvgIpc) is 1.94. The molecule has 0 saturated heterocycles. The predicted molar refractivity (Wildman–Crippen MR) is 49.1 cm³/mol. The van der Waals surface area contributed by atoms with Crippen LogP contribution < -0.4 is 0 Å². The minimum Gasteiger partial charge on any atom is -0.205 e. The predicted octanol–water partition coefficient (Wildman–Crippen LogP) is 3.88. The number of benzene rings is 1. The quantitative estimate of drug-likeness (QED) is 0.688. The minimum absolute atomic E-state index is 0.0128. The van der Waals surface area contributed by atoms with Crippen LogP contribution >= 0.6 is 34.2 Å². The highest BCUT2D eigenvalue weighted by Crippen LogP contribution is 2.25. The van der Waals surface area contributed by atoms with Crippen molar-refractivity contribution in [2.75, 3.05) is 0 Å². The standard InChI is InChI=1S/C7H4ClF2I/c8-5-2-1-4(7(9)10)3-6(5)11/h1-3,7H. The van der Waals surface area contributed by atoms with Gasteiger partial charge in [0, 0.05) is 9.13 Å². The third kappa shape index (κ3) is 2.27. The Morgan fingerprint density at radius 3 is 2.45 bits per heavy atom. The van der Waals surface area contributed by atoms with Gasteiger partial charge < -0.3 is 0 Å². The van der Waals surface area contributed by atoms with E-state index in [0.717, 1.165) is 0 Å². The first kappa shape index (κ1) is 9.19. The lowest BCUT2D eigenvalue weighted by Gasteiger charge is -2.00. The van der Waals surface area contributed by atoms with Crippen LogP contribution in [0.2, 0.25) is 5.02 Å². The van der Waals surface area contributed by atoms with Crippen LogP contribution in [-0.4, -0.2) is 0 Å². The van der Waals surface area contributed by atoms with Gasteiger partial charge in [-0.2, -0.15) is 0 Å². The van der Waals surface area contributed by atoms with Crippen molar-refractivity contribution in [1.82, 2.24) is 0 Å². The van der Waals surface area contributed by atoms with Crippen LogP contribution in [0.15, 0.2) is 18.2 Å². The van der Waals surface area contributed by atoms with Crippen LogP contribution in [0, 0.1) is 3.57 Å². The Bertz CT molecular complexity index is 263. The van der Waals surface area contributed by atoms with Crippen molar-refractivity contribution in [3.05, 3.63) is 32.4 Å². The van der Waals surface area contributed by atoms with Gasteiger partial charge in [-0.1, -0.05) is 17.7 Å². The maximum Gasteiger partial charge on any atom is 0.263 e. The molecule has 0 nitrogen and oxygen atoms in total. The second-order valence-corrected chi connectivity index (χ2v) is 3.54. The van der Waals surface area contributed by atoms with Gasteiger partial charge in [0.25, 0.3) is 6.43 Å². The molecule has 0 unspecified atom stereocenters. The molecule has 0 bridgehead atoms. The molecule has 0 heterocycles. The van der Waals surface area contributed by atoms with Crippen molar-refractivity contribution in [3.63, 3.8) is 0 Å². The average molecular weight is 288 g/mol. The second-order valence-electron chi connectivity index (χ2n) is 1.97. The van der Waals surface area contributed by atoms with Crippen LogP contribution in [0.3, 0.4) is 0 Å². The van der Waals surface area contributed by atoms with E-state index in [1.54, 1.807) is 0 Å². The number of alkyl halides is 2. The van der Waals surface area contributed by atoms with Gasteiger partial charge in [-0.25, -0.2) is 8.78 Å². The molecular weight excluding hydrogens is 284 g/mol. The molecular formula is C7H4ClF2I. The maximum atomic E-state index is 12.0. The molecule has 0 radical (unpaired) electrons. The Labute approximate surface area is 81.7 Å². The molecule has 0 amide bonds. The molecule has 4 heteroatoms. The zero-order chi connectivity index (χ0) is 8.43. The molecule has 1 rings (SSSR count). The molecule has 0 aliphatic rings. The van der Waals surface area contributed by atoms with E-state index in [9.17, 15) is 8.78 Å². The van der Waals surface area contributed by atoms with Crippen molar-refractivity contribution in [3.8, 4) is 0 Å². The highest BCUT2D eigenvalue weighted by Gasteiger charge is 2.07. The molecule has 1 aromatic carbocycles. The smallest absolute Gasteiger partial charge is 0.205 e. The summed E-state index contributed by atoms with van der Waals surface area (Å²) in [5.41, 5.74) is 0.0128.